The Balaban J connectivity index is 2.11. The van der Waals surface area contributed by atoms with E-state index >= 15 is 0 Å². The molecule has 0 aliphatic heterocycles. The van der Waals surface area contributed by atoms with Crippen molar-refractivity contribution < 1.29 is 0 Å². The number of hydrogen-bond donors (Lipinski definition) is 0. The molecule has 0 saturated carbocycles. The molecule has 0 atom stereocenters. The van der Waals surface area contributed by atoms with Gasteiger partial charge < -0.3 is 0 Å². The first kappa shape index (κ1) is 10.5. The molecule has 2 heteroatoms. The Kier molecular flexibility index (Phi) is 2.63. The van der Waals surface area contributed by atoms with Crippen molar-refractivity contribution in [2.24, 2.45) is 0 Å². The summed E-state index contributed by atoms with van der Waals surface area (Å²) in [5, 5.41) is 0. The smallest absolute Gasteiger partial charge is 0.159 e. The van der Waals surface area contributed by atoms with Gasteiger partial charge in [0, 0.05) is 17.0 Å². The van der Waals surface area contributed by atoms with E-state index in [-0.39, 0.29) is 0 Å². The number of hydrogen-bond acceptors (Lipinski definition) is 2. The molecule has 0 unspecified atom stereocenters. The van der Waals surface area contributed by atoms with Crippen molar-refractivity contribution in [3.05, 3.63) is 47.3 Å². The van der Waals surface area contributed by atoms with E-state index in [0.29, 0.717) is 0 Å². The first-order chi connectivity index (χ1) is 8.34. The van der Waals surface area contributed by atoms with Gasteiger partial charge in [0.25, 0.3) is 0 Å². The number of rotatable bonds is 1. The van der Waals surface area contributed by atoms with Crippen molar-refractivity contribution in [3.63, 3.8) is 0 Å². The van der Waals surface area contributed by atoms with Crippen molar-refractivity contribution in [2.45, 2.75) is 32.6 Å². The molecule has 0 fully saturated rings. The van der Waals surface area contributed by atoms with Crippen LogP contribution in [0.25, 0.3) is 11.4 Å². The summed E-state index contributed by atoms with van der Waals surface area (Å²) < 4.78 is 0. The molecule has 3 rings (SSSR count). The van der Waals surface area contributed by atoms with E-state index < -0.39 is 0 Å². The molecule has 1 aliphatic rings. The Hall–Kier alpha value is -1.70. The van der Waals surface area contributed by atoms with E-state index in [1.165, 1.54) is 24.1 Å². The van der Waals surface area contributed by atoms with Crippen LogP contribution in [0.2, 0.25) is 0 Å². The van der Waals surface area contributed by atoms with Crippen LogP contribution >= 0.6 is 0 Å². The summed E-state index contributed by atoms with van der Waals surface area (Å²) in [5.74, 6) is 0.878. The predicted octanol–water partition coefficient (Wildman–Crippen LogP) is 3.33. The predicted molar refractivity (Wildman–Crippen MR) is 68.8 cm³/mol. The van der Waals surface area contributed by atoms with Crippen LogP contribution in [0.5, 0.6) is 0 Å². The molecule has 17 heavy (non-hydrogen) atoms. The van der Waals surface area contributed by atoms with Crippen LogP contribution < -0.4 is 0 Å². The van der Waals surface area contributed by atoms with Crippen LogP contribution in [0.15, 0.2) is 30.3 Å². The molecule has 1 heterocycles. The largest absolute Gasteiger partial charge is 0.233 e. The van der Waals surface area contributed by atoms with Gasteiger partial charge in [0.1, 0.15) is 0 Å². The van der Waals surface area contributed by atoms with E-state index in [1.807, 2.05) is 18.2 Å². The van der Waals surface area contributed by atoms with E-state index in [1.54, 1.807) is 0 Å². The fourth-order valence-corrected chi connectivity index (χ4v) is 2.50. The van der Waals surface area contributed by atoms with Gasteiger partial charge in [-0.25, -0.2) is 9.97 Å². The summed E-state index contributed by atoms with van der Waals surface area (Å²) in [4.78, 5) is 9.38. The highest BCUT2D eigenvalue weighted by molar-refractivity contribution is 5.55. The molecule has 0 radical (unpaired) electrons. The van der Waals surface area contributed by atoms with Crippen LogP contribution in [-0.2, 0) is 12.8 Å². The number of aromatic nitrogens is 2. The standard InChI is InChI=1S/C15H16N2/c1-11-13-9-5-6-10-14(13)17-15(16-11)12-7-3-2-4-8-12/h2-4,7-8H,5-6,9-10H2,1H3. The molecule has 0 bridgehead atoms. The highest BCUT2D eigenvalue weighted by Crippen LogP contribution is 2.24. The molecule has 1 aromatic carbocycles. The minimum absolute atomic E-state index is 0.878. The van der Waals surface area contributed by atoms with Crippen LogP contribution in [0, 0.1) is 6.92 Å². The summed E-state index contributed by atoms with van der Waals surface area (Å²) in [6.07, 6.45) is 4.80. The molecule has 2 nitrogen and oxygen atoms in total. The molecule has 0 N–H and O–H groups in total. The number of benzene rings is 1. The van der Waals surface area contributed by atoms with Gasteiger partial charge >= 0.3 is 0 Å². The van der Waals surface area contributed by atoms with E-state index in [2.05, 4.69) is 24.0 Å². The summed E-state index contributed by atoms with van der Waals surface area (Å²) in [5.41, 5.74) is 4.93. The molecule has 86 valence electrons. The lowest BCUT2D eigenvalue weighted by Gasteiger charge is -2.17. The van der Waals surface area contributed by atoms with Crippen LogP contribution in [0.1, 0.15) is 29.8 Å². The van der Waals surface area contributed by atoms with Gasteiger partial charge in [-0.3, -0.25) is 0 Å². The maximum atomic E-state index is 4.73. The second kappa shape index (κ2) is 4.28. The highest BCUT2D eigenvalue weighted by atomic mass is 14.9. The topological polar surface area (TPSA) is 25.8 Å². The SMILES string of the molecule is Cc1nc(-c2ccccc2)nc2c1CCCC2. The van der Waals surface area contributed by atoms with Crippen LogP contribution in [0.4, 0.5) is 0 Å². The third-order valence-electron chi connectivity index (χ3n) is 3.42. The number of aryl methyl sites for hydroxylation is 2. The third kappa shape index (κ3) is 1.95. The zero-order chi connectivity index (χ0) is 11.7. The summed E-state index contributed by atoms with van der Waals surface area (Å²) in [6.45, 7) is 2.11. The Morgan fingerprint density at radius 1 is 0.941 bits per heavy atom. The lowest BCUT2D eigenvalue weighted by atomic mass is 9.95. The molecule has 1 aliphatic carbocycles. The lowest BCUT2D eigenvalue weighted by molar-refractivity contribution is 0.658. The minimum atomic E-state index is 0.878. The van der Waals surface area contributed by atoms with Crippen molar-refractivity contribution in [3.8, 4) is 11.4 Å². The van der Waals surface area contributed by atoms with Crippen molar-refractivity contribution in [2.75, 3.05) is 0 Å². The van der Waals surface area contributed by atoms with Crippen molar-refractivity contribution in [1.29, 1.82) is 0 Å². The zero-order valence-electron chi connectivity index (χ0n) is 10.1. The number of nitrogens with zero attached hydrogens (tertiary/aromatic N) is 2. The zero-order valence-corrected chi connectivity index (χ0v) is 10.1. The second-order valence-electron chi connectivity index (χ2n) is 4.63. The monoisotopic (exact) mass is 224 g/mol. The molecular weight excluding hydrogens is 208 g/mol. The van der Waals surface area contributed by atoms with E-state index in [4.69, 9.17) is 4.98 Å². The number of fused-ring (bicyclic) bond motifs is 1. The summed E-state index contributed by atoms with van der Waals surface area (Å²) >= 11 is 0. The van der Waals surface area contributed by atoms with E-state index in [9.17, 15) is 0 Å². The molecule has 0 amide bonds. The molecule has 0 saturated heterocycles. The first-order valence-electron chi connectivity index (χ1n) is 6.26. The summed E-state index contributed by atoms with van der Waals surface area (Å²) in [7, 11) is 0. The van der Waals surface area contributed by atoms with E-state index in [0.717, 1.165) is 29.9 Å². The molecule has 0 spiro atoms. The van der Waals surface area contributed by atoms with Gasteiger partial charge in [-0.15, -0.1) is 0 Å². The van der Waals surface area contributed by atoms with Crippen LogP contribution in [-0.4, -0.2) is 9.97 Å². The minimum Gasteiger partial charge on any atom is -0.233 e. The lowest BCUT2D eigenvalue weighted by Crippen LogP contribution is -2.10. The first-order valence-corrected chi connectivity index (χ1v) is 6.26. The average Bonchev–Trinajstić information content (AvgIpc) is 2.40. The highest BCUT2D eigenvalue weighted by Gasteiger charge is 2.15. The molecule has 1 aromatic heterocycles. The fraction of sp³-hybridized carbons (Fsp3) is 0.333. The van der Waals surface area contributed by atoms with Crippen molar-refractivity contribution >= 4 is 0 Å². The van der Waals surface area contributed by atoms with Gasteiger partial charge in [-0.05, 0) is 38.2 Å². The Labute approximate surface area is 102 Å². The molecule has 2 aromatic rings. The van der Waals surface area contributed by atoms with Gasteiger partial charge in [0.05, 0.1) is 0 Å². The fourth-order valence-electron chi connectivity index (χ4n) is 2.50. The Morgan fingerprint density at radius 2 is 1.71 bits per heavy atom. The maximum absolute atomic E-state index is 4.73. The van der Waals surface area contributed by atoms with Gasteiger partial charge in [0.2, 0.25) is 0 Å². The quantitative estimate of drug-likeness (QED) is 0.742. The van der Waals surface area contributed by atoms with Gasteiger partial charge in [-0.1, -0.05) is 30.3 Å². The normalized spacial score (nSPS) is 14.4. The molecular formula is C15H16N2. The Morgan fingerprint density at radius 3 is 2.53 bits per heavy atom. The average molecular weight is 224 g/mol. The van der Waals surface area contributed by atoms with Gasteiger partial charge in [0.15, 0.2) is 5.82 Å². The Bertz CT molecular complexity index is 532. The summed E-state index contributed by atoms with van der Waals surface area (Å²) in [6, 6.07) is 10.2. The maximum Gasteiger partial charge on any atom is 0.159 e. The van der Waals surface area contributed by atoms with Crippen LogP contribution in [0.3, 0.4) is 0 Å². The second-order valence-corrected chi connectivity index (χ2v) is 4.63. The van der Waals surface area contributed by atoms with Gasteiger partial charge in [-0.2, -0.15) is 0 Å². The third-order valence-corrected chi connectivity index (χ3v) is 3.42. The van der Waals surface area contributed by atoms with Crippen molar-refractivity contribution in [1.82, 2.24) is 9.97 Å².